The minimum Gasteiger partial charge on any atom is -0.344 e. The number of aromatic nitrogens is 3. The summed E-state index contributed by atoms with van der Waals surface area (Å²) in [5.74, 6) is -0.105. The van der Waals surface area contributed by atoms with Gasteiger partial charge >= 0.3 is 0 Å². The van der Waals surface area contributed by atoms with Crippen LogP contribution < -0.4 is 5.32 Å². The molecular weight excluding hydrogens is 312 g/mol. The molecule has 2 heterocycles. The van der Waals surface area contributed by atoms with Gasteiger partial charge in [0.2, 0.25) is 5.91 Å². The van der Waals surface area contributed by atoms with Crippen LogP contribution in [0.1, 0.15) is 17.2 Å². The Kier molecular flexibility index (Phi) is 4.68. The Morgan fingerprint density at radius 1 is 1.13 bits per heavy atom. The van der Waals surface area contributed by atoms with Crippen molar-refractivity contribution in [1.82, 2.24) is 19.9 Å². The van der Waals surface area contributed by atoms with E-state index in [1.54, 1.807) is 35.7 Å². The van der Waals surface area contributed by atoms with Crippen molar-refractivity contribution in [3.8, 4) is 0 Å². The normalized spacial score (nSPS) is 11.9. The second-order valence-electron chi connectivity index (χ2n) is 5.07. The highest BCUT2D eigenvalue weighted by Crippen LogP contribution is 2.23. The van der Waals surface area contributed by atoms with Crippen molar-refractivity contribution in [2.45, 2.75) is 12.6 Å². The number of carbonyl (C=O) groups excluding carboxylic acids is 1. The van der Waals surface area contributed by atoms with Crippen LogP contribution in [0.5, 0.6) is 0 Å². The van der Waals surface area contributed by atoms with Crippen molar-refractivity contribution in [1.29, 1.82) is 0 Å². The van der Waals surface area contributed by atoms with Gasteiger partial charge in [-0.3, -0.25) is 9.78 Å². The molecule has 3 aromatic rings. The first-order valence-corrected chi connectivity index (χ1v) is 7.50. The van der Waals surface area contributed by atoms with E-state index in [1.165, 1.54) is 0 Å². The maximum atomic E-state index is 12.3. The van der Waals surface area contributed by atoms with E-state index in [-0.39, 0.29) is 18.5 Å². The standard InChI is InChI=1S/C17H15ClN4O/c18-15-5-3-13(4-6-15)17(14-2-1-7-19-10-14)21-16(23)11-22-9-8-20-12-22/h1-10,12,17H,11H2,(H,21,23)/t17-/m1/s1. The van der Waals surface area contributed by atoms with Gasteiger partial charge in [-0.1, -0.05) is 29.8 Å². The van der Waals surface area contributed by atoms with Gasteiger partial charge in [0.25, 0.3) is 0 Å². The second-order valence-corrected chi connectivity index (χ2v) is 5.51. The van der Waals surface area contributed by atoms with E-state index in [0.29, 0.717) is 5.02 Å². The summed E-state index contributed by atoms with van der Waals surface area (Å²) < 4.78 is 1.72. The van der Waals surface area contributed by atoms with Gasteiger partial charge in [0.1, 0.15) is 6.54 Å². The molecule has 0 aliphatic rings. The zero-order valence-corrected chi connectivity index (χ0v) is 13.0. The molecule has 1 amide bonds. The number of imidazole rings is 1. The minimum atomic E-state index is -0.281. The Morgan fingerprint density at radius 2 is 1.96 bits per heavy atom. The molecule has 0 radical (unpaired) electrons. The molecule has 6 heteroatoms. The molecule has 0 spiro atoms. The Labute approximate surface area is 139 Å². The maximum Gasteiger partial charge on any atom is 0.240 e. The van der Waals surface area contributed by atoms with Crippen molar-refractivity contribution in [2.24, 2.45) is 0 Å². The Bertz CT molecular complexity index is 757. The third kappa shape index (κ3) is 3.96. The summed E-state index contributed by atoms with van der Waals surface area (Å²) in [5, 5.41) is 3.69. The molecule has 3 rings (SSSR count). The number of amides is 1. The van der Waals surface area contributed by atoms with Crippen LogP contribution in [0.3, 0.4) is 0 Å². The zero-order valence-electron chi connectivity index (χ0n) is 12.3. The van der Waals surface area contributed by atoms with Gasteiger partial charge in [-0.25, -0.2) is 4.98 Å². The van der Waals surface area contributed by atoms with Crippen LogP contribution in [0.25, 0.3) is 0 Å². The van der Waals surface area contributed by atoms with Crippen LogP contribution in [0.4, 0.5) is 0 Å². The summed E-state index contributed by atoms with van der Waals surface area (Å²) in [5.41, 5.74) is 1.86. The fourth-order valence-corrected chi connectivity index (χ4v) is 2.44. The Hall–Kier alpha value is -2.66. The number of halogens is 1. The first-order valence-electron chi connectivity index (χ1n) is 7.13. The number of carbonyl (C=O) groups is 1. The summed E-state index contributed by atoms with van der Waals surface area (Å²) in [7, 11) is 0. The van der Waals surface area contributed by atoms with Gasteiger partial charge in [-0.05, 0) is 29.3 Å². The topological polar surface area (TPSA) is 59.8 Å². The van der Waals surface area contributed by atoms with Crippen molar-refractivity contribution in [3.05, 3.63) is 83.7 Å². The molecule has 0 saturated heterocycles. The fourth-order valence-electron chi connectivity index (χ4n) is 2.31. The summed E-state index contributed by atoms with van der Waals surface area (Å²) in [4.78, 5) is 20.4. The van der Waals surface area contributed by atoms with Crippen molar-refractivity contribution >= 4 is 17.5 Å². The lowest BCUT2D eigenvalue weighted by molar-refractivity contribution is -0.122. The molecule has 5 nitrogen and oxygen atoms in total. The molecule has 0 aliphatic heterocycles. The Balaban J connectivity index is 1.83. The quantitative estimate of drug-likeness (QED) is 0.784. The number of hydrogen-bond donors (Lipinski definition) is 1. The minimum absolute atomic E-state index is 0.105. The molecule has 2 aromatic heterocycles. The summed E-state index contributed by atoms with van der Waals surface area (Å²) in [6, 6.07) is 10.9. The van der Waals surface area contributed by atoms with Gasteiger partial charge < -0.3 is 9.88 Å². The lowest BCUT2D eigenvalue weighted by Crippen LogP contribution is -2.32. The first kappa shape index (κ1) is 15.2. The van der Waals surface area contributed by atoms with E-state index in [1.807, 2.05) is 36.4 Å². The number of rotatable bonds is 5. The van der Waals surface area contributed by atoms with Crippen LogP contribution in [-0.2, 0) is 11.3 Å². The molecule has 1 aromatic carbocycles. The van der Waals surface area contributed by atoms with E-state index in [0.717, 1.165) is 11.1 Å². The second kappa shape index (κ2) is 7.07. The average Bonchev–Trinajstić information content (AvgIpc) is 3.07. The van der Waals surface area contributed by atoms with Gasteiger partial charge in [0, 0.05) is 29.8 Å². The summed E-state index contributed by atoms with van der Waals surface area (Å²) in [6.07, 6.45) is 8.46. The Morgan fingerprint density at radius 3 is 2.61 bits per heavy atom. The van der Waals surface area contributed by atoms with Crippen molar-refractivity contribution in [3.63, 3.8) is 0 Å². The number of pyridine rings is 1. The summed E-state index contributed by atoms with van der Waals surface area (Å²) >= 11 is 5.95. The highest BCUT2D eigenvalue weighted by Gasteiger charge is 2.17. The van der Waals surface area contributed by atoms with Crippen molar-refractivity contribution < 1.29 is 4.79 Å². The van der Waals surface area contributed by atoms with Crippen LogP contribution in [0, 0.1) is 0 Å². The lowest BCUT2D eigenvalue weighted by Gasteiger charge is -2.19. The largest absolute Gasteiger partial charge is 0.344 e. The SMILES string of the molecule is O=C(Cn1ccnc1)N[C@H](c1ccc(Cl)cc1)c1cccnc1. The molecular formula is C17H15ClN4O. The van der Waals surface area contributed by atoms with Gasteiger partial charge in [0.15, 0.2) is 0 Å². The molecule has 0 unspecified atom stereocenters. The zero-order chi connectivity index (χ0) is 16.1. The van der Waals surface area contributed by atoms with Gasteiger partial charge in [0.05, 0.1) is 12.4 Å². The lowest BCUT2D eigenvalue weighted by atomic mass is 10.00. The predicted molar refractivity (Wildman–Crippen MR) is 87.9 cm³/mol. The van der Waals surface area contributed by atoms with Crippen LogP contribution in [-0.4, -0.2) is 20.4 Å². The van der Waals surface area contributed by atoms with E-state index in [9.17, 15) is 4.79 Å². The fraction of sp³-hybridized carbons (Fsp3) is 0.118. The van der Waals surface area contributed by atoms with E-state index >= 15 is 0 Å². The van der Waals surface area contributed by atoms with E-state index in [2.05, 4.69) is 15.3 Å². The third-order valence-corrected chi connectivity index (χ3v) is 3.66. The van der Waals surface area contributed by atoms with Gasteiger partial charge in [-0.15, -0.1) is 0 Å². The smallest absolute Gasteiger partial charge is 0.240 e. The number of nitrogens with zero attached hydrogens (tertiary/aromatic N) is 3. The molecule has 0 saturated carbocycles. The van der Waals surface area contributed by atoms with E-state index < -0.39 is 0 Å². The maximum absolute atomic E-state index is 12.3. The molecule has 116 valence electrons. The molecule has 1 N–H and O–H groups in total. The molecule has 0 fully saturated rings. The third-order valence-electron chi connectivity index (χ3n) is 3.41. The highest BCUT2D eigenvalue weighted by molar-refractivity contribution is 6.30. The number of nitrogens with one attached hydrogen (secondary N) is 1. The first-order chi connectivity index (χ1) is 11.2. The average molecular weight is 327 g/mol. The van der Waals surface area contributed by atoms with Crippen LogP contribution in [0.2, 0.25) is 5.02 Å². The molecule has 0 bridgehead atoms. The van der Waals surface area contributed by atoms with Gasteiger partial charge in [-0.2, -0.15) is 0 Å². The van der Waals surface area contributed by atoms with Crippen LogP contribution in [0.15, 0.2) is 67.5 Å². The summed E-state index contributed by atoms with van der Waals surface area (Å²) in [6.45, 7) is 0.213. The molecule has 1 atom stereocenters. The monoisotopic (exact) mass is 326 g/mol. The predicted octanol–water partition coefficient (Wildman–Crippen LogP) is 2.84. The number of hydrogen-bond acceptors (Lipinski definition) is 3. The van der Waals surface area contributed by atoms with E-state index in [4.69, 9.17) is 11.6 Å². The molecule has 23 heavy (non-hydrogen) atoms. The number of benzene rings is 1. The molecule has 0 aliphatic carbocycles. The van der Waals surface area contributed by atoms with Crippen molar-refractivity contribution in [2.75, 3.05) is 0 Å². The van der Waals surface area contributed by atoms with Crippen LogP contribution >= 0.6 is 11.6 Å². The highest BCUT2D eigenvalue weighted by atomic mass is 35.5.